The summed E-state index contributed by atoms with van der Waals surface area (Å²) >= 11 is 11.7. The Morgan fingerprint density at radius 3 is 2.43 bits per heavy atom. The van der Waals surface area contributed by atoms with Crippen LogP contribution in [0.5, 0.6) is 0 Å². The van der Waals surface area contributed by atoms with Crippen molar-refractivity contribution in [2.24, 2.45) is 0 Å². The van der Waals surface area contributed by atoms with E-state index in [1.165, 1.54) is 0 Å². The molecule has 0 aliphatic carbocycles. The third kappa shape index (κ3) is 2.49. The average molecular weight is 231 g/mol. The summed E-state index contributed by atoms with van der Waals surface area (Å²) in [5.74, 6) is 0. The number of hydrogen-bond acceptors (Lipinski definition) is 1. The summed E-state index contributed by atoms with van der Waals surface area (Å²) in [5.41, 5.74) is 0.842. The summed E-state index contributed by atoms with van der Waals surface area (Å²) in [4.78, 5) is 10.5. The number of hydrogen-bond donors (Lipinski definition) is 0. The van der Waals surface area contributed by atoms with Crippen molar-refractivity contribution in [3.8, 4) is 0 Å². The molecule has 0 radical (unpaired) electrons. The molecule has 0 N–H and O–H groups in total. The third-order valence-corrected chi connectivity index (χ3v) is 3.03. The minimum absolute atomic E-state index is 0.185. The van der Waals surface area contributed by atoms with Crippen molar-refractivity contribution < 1.29 is 4.79 Å². The summed E-state index contributed by atoms with van der Waals surface area (Å²) < 4.78 is 0. The maximum Gasteiger partial charge on any atom is 0.120 e. The Morgan fingerprint density at radius 2 is 1.93 bits per heavy atom. The second-order valence-electron chi connectivity index (χ2n) is 3.88. The van der Waals surface area contributed by atoms with Crippen LogP contribution < -0.4 is 0 Å². The van der Waals surface area contributed by atoms with Gasteiger partial charge in [-0.15, -0.1) is 0 Å². The SMILES string of the molecule is CC(C)(CC=O)c1ccc(Cl)c(Cl)c1. The second-order valence-corrected chi connectivity index (χ2v) is 4.70. The van der Waals surface area contributed by atoms with E-state index < -0.39 is 0 Å². The molecule has 14 heavy (non-hydrogen) atoms. The molecular weight excluding hydrogens is 219 g/mol. The third-order valence-electron chi connectivity index (χ3n) is 2.29. The zero-order chi connectivity index (χ0) is 10.8. The first-order valence-corrected chi connectivity index (χ1v) is 5.12. The molecule has 76 valence electrons. The van der Waals surface area contributed by atoms with Crippen LogP contribution in [0.1, 0.15) is 25.8 Å². The lowest BCUT2D eigenvalue weighted by Crippen LogP contribution is -2.17. The predicted molar refractivity (Wildman–Crippen MR) is 60.2 cm³/mol. The highest BCUT2D eigenvalue weighted by molar-refractivity contribution is 6.42. The maximum atomic E-state index is 10.5. The van der Waals surface area contributed by atoms with E-state index >= 15 is 0 Å². The Hall–Kier alpha value is -0.530. The van der Waals surface area contributed by atoms with E-state index in [0.29, 0.717) is 16.5 Å². The lowest BCUT2D eigenvalue weighted by atomic mass is 9.82. The topological polar surface area (TPSA) is 17.1 Å². The molecular formula is C11H12Cl2O. The van der Waals surface area contributed by atoms with E-state index in [9.17, 15) is 4.79 Å². The number of carbonyl (C=O) groups excluding carboxylic acids is 1. The Morgan fingerprint density at radius 1 is 1.29 bits per heavy atom. The van der Waals surface area contributed by atoms with Gasteiger partial charge in [-0.1, -0.05) is 43.1 Å². The Bertz CT molecular complexity index is 345. The van der Waals surface area contributed by atoms with Gasteiger partial charge in [-0.05, 0) is 23.1 Å². The number of rotatable bonds is 3. The van der Waals surface area contributed by atoms with Crippen LogP contribution in [-0.4, -0.2) is 6.29 Å². The van der Waals surface area contributed by atoms with Crippen LogP contribution in [0.3, 0.4) is 0 Å². The molecule has 3 heteroatoms. The van der Waals surface area contributed by atoms with Gasteiger partial charge in [0.1, 0.15) is 6.29 Å². The highest BCUT2D eigenvalue weighted by Gasteiger charge is 2.20. The van der Waals surface area contributed by atoms with Crippen molar-refractivity contribution in [1.29, 1.82) is 0 Å². The van der Waals surface area contributed by atoms with Gasteiger partial charge in [0.05, 0.1) is 10.0 Å². The van der Waals surface area contributed by atoms with E-state index in [2.05, 4.69) is 0 Å². The first-order valence-electron chi connectivity index (χ1n) is 4.36. The maximum absolute atomic E-state index is 10.5. The van der Waals surface area contributed by atoms with Gasteiger partial charge < -0.3 is 4.79 Å². The van der Waals surface area contributed by atoms with Crippen molar-refractivity contribution in [3.63, 3.8) is 0 Å². The van der Waals surface area contributed by atoms with Crippen LogP contribution in [0.15, 0.2) is 18.2 Å². The summed E-state index contributed by atoms with van der Waals surface area (Å²) in [7, 11) is 0. The fourth-order valence-electron chi connectivity index (χ4n) is 1.24. The summed E-state index contributed by atoms with van der Waals surface area (Å²) in [6.07, 6.45) is 1.40. The van der Waals surface area contributed by atoms with Crippen LogP contribution in [0.4, 0.5) is 0 Å². The fourth-order valence-corrected chi connectivity index (χ4v) is 1.54. The van der Waals surface area contributed by atoms with Gasteiger partial charge in [0.25, 0.3) is 0 Å². The predicted octanol–water partition coefficient (Wildman–Crippen LogP) is 3.86. The van der Waals surface area contributed by atoms with Gasteiger partial charge in [0, 0.05) is 6.42 Å². The highest BCUT2D eigenvalue weighted by atomic mass is 35.5. The molecule has 0 bridgehead atoms. The molecule has 0 aliphatic heterocycles. The lowest BCUT2D eigenvalue weighted by molar-refractivity contribution is -0.108. The first-order chi connectivity index (χ1) is 6.47. The van der Waals surface area contributed by atoms with E-state index in [1.807, 2.05) is 26.0 Å². The largest absolute Gasteiger partial charge is 0.303 e. The van der Waals surface area contributed by atoms with Gasteiger partial charge in [0.2, 0.25) is 0 Å². The molecule has 1 rings (SSSR count). The smallest absolute Gasteiger partial charge is 0.120 e. The van der Waals surface area contributed by atoms with Crippen molar-refractivity contribution in [3.05, 3.63) is 33.8 Å². The number of aldehydes is 1. The molecule has 0 heterocycles. The van der Waals surface area contributed by atoms with Gasteiger partial charge >= 0.3 is 0 Å². The van der Waals surface area contributed by atoms with Crippen LogP contribution >= 0.6 is 23.2 Å². The van der Waals surface area contributed by atoms with Crippen molar-refractivity contribution >= 4 is 29.5 Å². The second kappa shape index (κ2) is 4.33. The van der Waals surface area contributed by atoms with Gasteiger partial charge in [-0.25, -0.2) is 0 Å². The molecule has 0 saturated carbocycles. The van der Waals surface area contributed by atoms with Crippen LogP contribution in [0.25, 0.3) is 0 Å². The lowest BCUT2D eigenvalue weighted by Gasteiger charge is -2.22. The molecule has 0 saturated heterocycles. The normalized spacial score (nSPS) is 11.4. The average Bonchev–Trinajstić information content (AvgIpc) is 2.09. The van der Waals surface area contributed by atoms with Crippen molar-refractivity contribution in [2.45, 2.75) is 25.7 Å². The zero-order valence-electron chi connectivity index (χ0n) is 8.18. The van der Waals surface area contributed by atoms with Crippen LogP contribution in [-0.2, 0) is 10.2 Å². The molecule has 0 fully saturated rings. The molecule has 1 aromatic rings. The summed E-state index contributed by atoms with van der Waals surface area (Å²) in [6, 6.07) is 5.47. The van der Waals surface area contributed by atoms with Gasteiger partial charge in [-0.3, -0.25) is 0 Å². The number of benzene rings is 1. The van der Waals surface area contributed by atoms with E-state index in [-0.39, 0.29) is 5.41 Å². The Balaban J connectivity index is 3.07. The first kappa shape index (κ1) is 11.5. The number of halogens is 2. The van der Waals surface area contributed by atoms with Crippen molar-refractivity contribution in [1.82, 2.24) is 0 Å². The van der Waals surface area contributed by atoms with E-state index in [4.69, 9.17) is 23.2 Å². The monoisotopic (exact) mass is 230 g/mol. The molecule has 1 aromatic carbocycles. The molecule has 0 aliphatic rings. The Labute approximate surface area is 94.0 Å². The molecule has 0 aromatic heterocycles. The molecule has 0 unspecified atom stereocenters. The minimum atomic E-state index is -0.185. The molecule has 1 nitrogen and oxygen atoms in total. The summed E-state index contributed by atoms with van der Waals surface area (Å²) in [5, 5.41) is 1.07. The number of carbonyl (C=O) groups is 1. The molecule has 0 atom stereocenters. The summed E-state index contributed by atoms with van der Waals surface area (Å²) in [6.45, 7) is 4.00. The highest BCUT2D eigenvalue weighted by Crippen LogP contribution is 2.31. The van der Waals surface area contributed by atoms with E-state index in [0.717, 1.165) is 11.8 Å². The zero-order valence-corrected chi connectivity index (χ0v) is 9.69. The van der Waals surface area contributed by atoms with Gasteiger partial charge in [-0.2, -0.15) is 0 Å². The Kier molecular flexibility index (Phi) is 3.57. The molecule has 0 amide bonds. The minimum Gasteiger partial charge on any atom is -0.303 e. The van der Waals surface area contributed by atoms with E-state index in [1.54, 1.807) is 6.07 Å². The standard InChI is InChI=1S/C11H12Cl2O/c1-11(2,5-6-14)8-3-4-9(12)10(13)7-8/h3-4,6-7H,5H2,1-2H3. The van der Waals surface area contributed by atoms with Crippen molar-refractivity contribution in [2.75, 3.05) is 0 Å². The quantitative estimate of drug-likeness (QED) is 0.722. The molecule has 0 spiro atoms. The van der Waals surface area contributed by atoms with Gasteiger partial charge in [0.15, 0.2) is 0 Å². The van der Waals surface area contributed by atoms with Crippen LogP contribution in [0.2, 0.25) is 10.0 Å². The fraction of sp³-hybridized carbons (Fsp3) is 0.364. The van der Waals surface area contributed by atoms with Crippen LogP contribution in [0, 0.1) is 0 Å².